The van der Waals surface area contributed by atoms with E-state index in [4.69, 9.17) is 4.74 Å². The van der Waals surface area contributed by atoms with Crippen LogP contribution in [0.3, 0.4) is 0 Å². The number of rotatable bonds is 5. The number of hydrogen-bond donors (Lipinski definition) is 2. The fraction of sp³-hybridized carbons (Fsp3) is 0.500. The molecule has 1 aromatic carbocycles. The molecule has 0 radical (unpaired) electrons. The number of halogens is 1. The van der Waals surface area contributed by atoms with Gasteiger partial charge in [0.1, 0.15) is 5.75 Å². The largest absolute Gasteiger partial charge is 0.493 e. The van der Waals surface area contributed by atoms with E-state index in [1.165, 1.54) is 5.56 Å². The summed E-state index contributed by atoms with van der Waals surface area (Å²) in [7, 11) is 1.89. The fourth-order valence-electron chi connectivity index (χ4n) is 2.09. The van der Waals surface area contributed by atoms with Crippen molar-refractivity contribution in [3.05, 3.63) is 23.8 Å². The van der Waals surface area contributed by atoms with Gasteiger partial charge < -0.3 is 15.4 Å². The number of amides is 1. The molecule has 0 fully saturated rings. The van der Waals surface area contributed by atoms with Crippen molar-refractivity contribution in [2.45, 2.75) is 25.7 Å². The number of carbonyl (C=O) groups excluding carboxylic acids is 1. The maximum Gasteiger partial charge on any atom is 0.224 e. The predicted octanol–water partition coefficient (Wildman–Crippen LogP) is 2.37. The molecule has 0 atom stereocenters. The van der Waals surface area contributed by atoms with Crippen molar-refractivity contribution in [3.63, 3.8) is 0 Å². The Bertz CT molecular complexity index is 424. The molecule has 106 valence electrons. The average Bonchev–Trinajstić information content (AvgIpc) is 2.39. The maximum atomic E-state index is 11.7. The standard InChI is InChI=1S/C14H20N2O2.ClH/c1-15-8-2-5-14(17)16-12-6-7-13-11(10-12)4-3-9-18-13;/h6-7,10,15H,2-5,8-9H2,1H3,(H,16,17);1H. The second kappa shape index (κ2) is 8.02. The molecule has 0 unspecified atom stereocenters. The molecule has 0 aliphatic carbocycles. The Hall–Kier alpha value is -1.26. The first-order valence-corrected chi connectivity index (χ1v) is 6.50. The van der Waals surface area contributed by atoms with Gasteiger partial charge in [0.25, 0.3) is 0 Å². The van der Waals surface area contributed by atoms with Crippen LogP contribution >= 0.6 is 12.4 Å². The molecule has 0 saturated heterocycles. The highest BCUT2D eigenvalue weighted by molar-refractivity contribution is 5.90. The highest BCUT2D eigenvalue weighted by atomic mass is 35.5. The predicted molar refractivity (Wildman–Crippen MR) is 79.3 cm³/mol. The summed E-state index contributed by atoms with van der Waals surface area (Å²) in [6.45, 7) is 1.66. The van der Waals surface area contributed by atoms with Gasteiger partial charge in [0.15, 0.2) is 0 Å². The minimum Gasteiger partial charge on any atom is -0.493 e. The van der Waals surface area contributed by atoms with E-state index in [-0.39, 0.29) is 18.3 Å². The number of nitrogens with one attached hydrogen (secondary N) is 2. The lowest BCUT2D eigenvalue weighted by Crippen LogP contribution is -2.15. The summed E-state index contributed by atoms with van der Waals surface area (Å²) in [4.78, 5) is 11.7. The molecule has 1 amide bonds. The number of hydrogen-bond acceptors (Lipinski definition) is 3. The van der Waals surface area contributed by atoms with Gasteiger partial charge in [-0.2, -0.15) is 0 Å². The van der Waals surface area contributed by atoms with Gasteiger partial charge in [-0.25, -0.2) is 0 Å². The summed E-state index contributed by atoms with van der Waals surface area (Å²) in [5, 5.41) is 5.96. The van der Waals surface area contributed by atoms with Crippen molar-refractivity contribution in [2.75, 3.05) is 25.5 Å². The van der Waals surface area contributed by atoms with Crippen LogP contribution in [0, 0.1) is 0 Å². The normalized spacial score (nSPS) is 12.9. The van der Waals surface area contributed by atoms with Crippen LogP contribution in [0.1, 0.15) is 24.8 Å². The molecule has 1 aromatic rings. The Morgan fingerprint density at radius 1 is 1.42 bits per heavy atom. The third-order valence-electron chi connectivity index (χ3n) is 3.02. The van der Waals surface area contributed by atoms with Crippen LogP contribution in [0.5, 0.6) is 5.75 Å². The Labute approximate surface area is 120 Å². The van der Waals surface area contributed by atoms with E-state index < -0.39 is 0 Å². The fourth-order valence-corrected chi connectivity index (χ4v) is 2.09. The Morgan fingerprint density at radius 3 is 3.05 bits per heavy atom. The first-order valence-electron chi connectivity index (χ1n) is 6.50. The zero-order valence-electron chi connectivity index (χ0n) is 11.2. The van der Waals surface area contributed by atoms with Crippen LogP contribution in [0.4, 0.5) is 5.69 Å². The highest BCUT2D eigenvalue weighted by Gasteiger charge is 2.11. The first kappa shape index (κ1) is 15.8. The monoisotopic (exact) mass is 284 g/mol. The number of carbonyl (C=O) groups is 1. The Morgan fingerprint density at radius 2 is 2.26 bits per heavy atom. The third kappa shape index (κ3) is 4.73. The topological polar surface area (TPSA) is 50.4 Å². The number of benzene rings is 1. The van der Waals surface area contributed by atoms with E-state index in [0.29, 0.717) is 6.42 Å². The van der Waals surface area contributed by atoms with E-state index in [9.17, 15) is 4.79 Å². The van der Waals surface area contributed by atoms with Gasteiger partial charge in [0, 0.05) is 12.1 Å². The summed E-state index contributed by atoms with van der Waals surface area (Å²) in [6, 6.07) is 5.86. The van der Waals surface area contributed by atoms with Crippen molar-refractivity contribution in [3.8, 4) is 5.75 Å². The molecule has 0 aromatic heterocycles. The maximum absolute atomic E-state index is 11.7. The number of fused-ring (bicyclic) bond motifs is 1. The van der Waals surface area contributed by atoms with E-state index in [2.05, 4.69) is 10.6 Å². The van der Waals surface area contributed by atoms with Crippen LogP contribution in [-0.4, -0.2) is 26.1 Å². The molecule has 1 aliphatic heterocycles. The van der Waals surface area contributed by atoms with Crippen molar-refractivity contribution >= 4 is 24.0 Å². The summed E-state index contributed by atoms with van der Waals surface area (Å²) in [6.07, 6.45) is 3.48. The van der Waals surface area contributed by atoms with E-state index >= 15 is 0 Å². The zero-order valence-corrected chi connectivity index (χ0v) is 12.0. The molecular weight excluding hydrogens is 264 g/mol. The van der Waals surface area contributed by atoms with Gasteiger partial charge in [-0.3, -0.25) is 4.79 Å². The Kier molecular flexibility index (Phi) is 6.67. The van der Waals surface area contributed by atoms with Gasteiger partial charge in [-0.1, -0.05) is 0 Å². The lowest BCUT2D eigenvalue weighted by molar-refractivity contribution is -0.116. The van der Waals surface area contributed by atoms with E-state index in [0.717, 1.165) is 43.9 Å². The Balaban J connectivity index is 0.00000180. The third-order valence-corrected chi connectivity index (χ3v) is 3.02. The lowest BCUT2D eigenvalue weighted by Gasteiger charge is -2.18. The van der Waals surface area contributed by atoms with Gasteiger partial charge in [0.2, 0.25) is 5.91 Å². The summed E-state index contributed by atoms with van der Waals surface area (Å²) < 4.78 is 5.54. The van der Waals surface area contributed by atoms with Gasteiger partial charge in [-0.05, 0) is 56.6 Å². The second-order valence-corrected chi connectivity index (χ2v) is 4.53. The van der Waals surface area contributed by atoms with Crippen LogP contribution < -0.4 is 15.4 Å². The summed E-state index contributed by atoms with van der Waals surface area (Å²) >= 11 is 0. The number of anilines is 1. The van der Waals surface area contributed by atoms with Gasteiger partial charge >= 0.3 is 0 Å². The minimum absolute atomic E-state index is 0. The molecule has 19 heavy (non-hydrogen) atoms. The van der Waals surface area contributed by atoms with Crippen LogP contribution in [0.25, 0.3) is 0 Å². The minimum atomic E-state index is 0. The lowest BCUT2D eigenvalue weighted by atomic mass is 10.1. The molecule has 2 N–H and O–H groups in total. The van der Waals surface area contributed by atoms with Gasteiger partial charge in [-0.15, -0.1) is 12.4 Å². The van der Waals surface area contributed by atoms with E-state index in [1.54, 1.807) is 0 Å². The summed E-state index contributed by atoms with van der Waals surface area (Å²) in [5.74, 6) is 1.02. The van der Waals surface area contributed by atoms with Crippen molar-refractivity contribution < 1.29 is 9.53 Å². The highest BCUT2D eigenvalue weighted by Crippen LogP contribution is 2.27. The van der Waals surface area contributed by atoms with Crippen LogP contribution in [0.15, 0.2) is 18.2 Å². The number of aryl methyl sites for hydroxylation is 1. The van der Waals surface area contributed by atoms with Crippen molar-refractivity contribution in [1.82, 2.24) is 5.32 Å². The molecule has 5 heteroatoms. The SMILES string of the molecule is CNCCCC(=O)Nc1ccc2c(c1)CCCO2.Cl. The molecule has 0 spiro atoms. The van der Waals surface area contributed by atoms with Crippen molar-refractivity contribution in [1.29, 1.82) is 0 Å². The van der Waals surface area contributed by atoms with Crippen LogP contribution in [-0.2, 0) is 11.2 Å². The summed E-state index contributed by atoms with van der Waals surface area (Å²) in [5.41, 5.74) is 2.06. The zero-order chi connectivity index (χ0) is 12.8. The van der Waals surface area contributed by atoms with Crippen LogP contribution in [0.2, 0.25) is 0 Å². The van der Waals surface area contributed by atoms with Crippen molar-refractivity contribution in [2.24, 2.45) is 0 Å². The first-order chi connectivity index (χ1) is 8.79. The molecular formula is C14H21ClN2O2. The molecule has 2 rings (SSSR count). The quantitative estimate of drug-likeness (QED) is 0.816. The smallest absolute Gasteiger partial charge is 0.224 e. The van der Waals surface area contributed by atoms with E-state index in [1.807, 2.05) is 25.2 Å². The average molecular weight is 285 g/mol. The second-order valence-electron chi connectivity index (χ2n) is 4.53. The number of ether oxygens (including phenoxy) is 1. The molecule has 0 saturated carbocycles. The van der Waals surface area contributed by atoms with Gasteiger partial charge in [0.05, 0.1) is 6.61 Å². The molecule has 4 nitrogen and oxygen atoms in total. The molecule has 1 heterocycles. The molecule has 0 bridgehead atoms. The molecule has 1 aliphatic rings.